The average Bonchev–Trinajstić information content (AvgIpc) is 2.89. The minimum absolute atomic E-state index is 0.179. The van der Waals surface area contributed by atoms with Crippen LogP contribution >= 0.6 is 0 Å². The molecule has 0 amide bonds. The van der Waals surface area contributed by atoms with Gasteiger partial charge in [-0.25, -0.2) is 0 Å². The maximum absolute atomic E-state index is 11.3. The van der Waals surface area contributed by atoms with E-state index in [0.717, 1.165) is 43.7 Å². The fourth-order valence-electron chi connectivity index (χ4n) is 4.70. The number of hydrogen-bond acceptors (Lipinski definition) is 4. The summed E-state index contributed by atoms with van der Waals surface area (Å²) in [5, 5.41) is 0. The van der Waals surface area contributed by atoms with E-state index < -0.39 is 0 Å². The highest BCUT2D eigenvalue weighted by Crippen LogP contribution is 2.36. The van der Waals surface area contributed by atoms with Gasteiger partial charge in [0.05, 0.1) is 13.7 Å². The largest absolute Gasteiger partial charge is 0.494 e. The van der Waals surface area contributed by atoms with Gasteiger partial charge in [0.1, 0.15) is 5.75 Å². The van der Waals surface area contributed by atoms with Crippen LogP contribution < -0.4 is 4.74 Å². The predicted molar refractivity (Wildman–Crippen MR) is 149 cm³/mol. The first kappa shape index (κ1) is 27.7. The van der Waals surface area contributed by atoms with Gasteiger partial charge in [0.2, 0.25) is 0 Å². The summed E-state index contributed by atoms with van der Waals surface area (Å²) in [6.07, 6.45) is 9.04. The Morgan fingerprint density at radius 3 is 2.42 bits per heavy atom. The van der Waals surface area contributed by atoms with Crippen molar-refractivity contribution in [2.45, 2.75) is 58.8 Å². The topological polar surface area (TPSA) is 38.8 Å². The zero-order chi connectivity index (χ0) is 25.9. The molecule has 0 N–H and O–H groups in total. The molecule has 2 aromatic carbocycles. The van der Waals surface area contributed by atoms with E-state index in [1.807, 2.05) is 24.3 Å². The first-order valence-corrected chi connectivity index (χ1v) is 13.3. The molecule has 3 rings (SSSR count). The second-order valence-corrected chi connectivity index (χ2v) is 10.2. The van der Waals surface area contributed by atoms with Crippen molar-refractivity contribution in [3.63, 3.8) is 0 Å². The molecule has 2 aromatic rings. The molecule has 4 heteroatoms. The molecule has 0 bridgehead atoms. The van der Waals surface area contributed by atoms with E-state index in [-0.39, 0.29) is 5.97 Å². The first-order valence-electron chi connectivity index (χ1n) is 13.3. The Bertz CT molecular complexity index is 1020. The number of rotatable bonds is 13. The van der Waals surface area contributed by atoms with E-state index in [2.05, 4.69) is 69.1 Å². The lowest BCUT2D eigenvalue weighted by molar-refractivity contribution is -0.140. The Morgan fingerprint density at radius 1 is 1.03 bits per heavy atom. The lowest BCUT2D eigenvalue weighted by Crippen LogP contribution is -2.24. The smallest absolute Gasteiger partial charge is 0.305 e. The standard InChI is InChI=1S/C32H43NO3/c1-24-7-13-28(14-8-24)31(29-15-9-25(2)26(3)23-29)19-21-33(4)20-6-22-36-30-16-10-27(11-17-30)12-18-32(34)35-5/h7-11,13-17,26,31H,6,12,18-23H2,1-5H3. The van der Waals surface area contributed by atoms with E-state index >= 15 is 0 Å². The van der Waals surface area contributed by atoms with Crippen LogP contribution in [-0.4, -0.2) is 44.7 Å². The molecule has 0 radical (unpaired) electrons. The zero-order valence-corrected chi connectivity index (χ0v) is 22.8. The molecule has 0 saturated carbocycles. The Morgan fingerprint density at radius 2 is 1.75 bits per heavy atom. The normalized spacial score (nSPS) is 16.3. The number of benzene rings is 2. The predicted octanol–water partition coefficient (Wildman–Crippen LogP) is 6.89. The van der Waals surface area contributed by atoms with Crippen LogP contribution in [0.1, 0.15) is 62.1 Å². The third kappa shape index (κ3) is 8.67. The fraction of sp³-hybridized carbons (Fsp3) is 0.469. The maximum Gasteiger partial charge on any atom is 0.305 e. The molecule has 1 aliphatic carbocycles. The van der Waals surface area contributed by atoms with Gasteiger partial charge >= 0.3 is 5.97 Å². The molecule has 2 atom stereocenters. The monoisotopic (exact) mass is 489 g/mol. The van der Waals surface area contributed by atoms with E-state index in [4.69, 9.17) is 9.47 Å². The van der Waals surface area contributed by atoms with Crippen LogP contribution in [0.25, 0.3) is 0 Å². The minimum Gasteiger partial charge on any atom is -0.494 e. The molecule has 0 saturated heterocycles. The highest BCUT2D eigenvalue weighted by atomic mass is 16.5. The molecule has 36 heavy (non-hydrogen) atoms. The summed E-state index contributed by atoms with van der Waals surface area (Å²) in [4.78, 5) is 13.7. The van der Waals surface area contributed by atoms with Gasteiger partial charge in [0, 0.05) is 18.9 Å². The van der Waals surface area contributed by atoms with E-state index in [1.54, 1.807) is 5.57 Å². The van der Waals surface area contributed by atoms with Gasteiger partial charge in [-0.2, -0.15) is 0 Å². The fourth-order valence-corrected chi connectivity index (χ4v) is 4.70. The van der Waals surface area contributed by atoms with Crippen LogP contribution in [-0.2, 0) is 16.0 Å². The van der Waals surface area contributed by atoms with Gasteiger partial charge in [0.15, 0.2) is 0 Å². The number of nitrogens with zero attached hydrogens (tertiary/aromatic N) is 1. The molecule has 194 valence electrons. The summed E-state index contributed by atoms with van der Waals surface area (Å²) >= 11 is 0. The Balaban J connectivity index is 1.45. The third-order valence-corrected chi connectivity index (χ3v) is 7.33. The third-order valence-electron chi connectivity index (χ3n) is 7.33. The van der Waals surface area contributed by atoms with Crippen LogP contribution in [0, 0.1) is 12.8 Å². The van der Waals surface area contributed by atoms with E-state index in [9.17, 15) is 4.79 Å². The second-order valence-electron chi connectivity index (χ2n) is 10.2. The number of carbonyl (C=O) groups excluding carboxylic acids is 1. The van der Waals surface area contributed by atoms with Gasteiger partial charge < -0.3 is 14.4 Å². The maximum atomic E-state index is 11.3. The van der Waals surface area contributed by atoms with Crippen LogP contribution in [0.2, 0.25) is 0 Å². The molecular formula is C32H43NO3. The number of methoxy groups -OCH3 is 1. The number of hydrogen-bond donors (Lipinski definition) is 0. The van der Waals surface area contributed by atoms with Crippen LogP contribution in [0.5, 0.6) is 5.75 Å². The van der Waals surface area contributed by atoms with Gasteiger partial charge in [-0.15, -0.1) is 0 Å². The lowest BCUT2D eigenvalue weighted by Gasteiger charge is -2.28. The number of allylic oxidation sites excluding steroid dienone is 4. The average molecular weight is 490 g/mol. The number of aryl methyl sites for hydroxylation is 2. The Labute approximate surface area is 218 Å². The quantitative estimate of drug-likeness (QED) is 0.227. The van der Waals surface area contributed by atoms with Gasteiger partial charge in [-0.3, -0.25) is 4.79 Å². The lowest BCUT2D eigenvalue weighted by atomic mass is 9.79. The molecule has 0 aromatic heterocycles. The summed E-state index contributed by atoms with van der Waals surface area (Å²) in [6, 6.07) is 17.1. The summed E-state index contributed by atoms with van der Waals surface area (Å²) in [5.41, 5.74) is 6.90. The van der Waals surface area contributed by atoms with Crippen molar-refractivity contribution in [3.8, 4) is 5.75 Å². The molecule has 2 unspecified atom stereocenters. The Kier molecular flexibility index (Phi) is 10.8. The van der Waals surface area contributed by atoms with Crippen molar-refractivity contribution >= 4 is 5.97 Å². The van der Waals surface area contributed by atoms with Gasteiger partial charge in [-0.1, -0.05) is 72.2 Å². The van der Waals surface area contributed by atoms with Crippen LogP contribution in [0.4, 0.5) is 0 Å². The SMILES string of the molecule is COC(=O)CCc1ccc(OCCCN(C)CCC(C2=CC=C(C)C(C)C2)c2ccc(C)cc2)cc1. The summed E-state index contributed by atoms with van der Waals surface area (Å²) in [6.45, 7) is 9.50. The number of ether oxygens (including phenoxy) is 2. The second kappa shape index (κ2) is 14.0. The van der Waals surface area contributed by atoms with E-state index in [0.29, 0.717) is 31.3 Å². The zero-order valence-electron chi connectivity index (χ0n) is 22.8. The van der Waals surface area contributed by atoms with Crippen LogP contribution in [0.3, 0.4) is 0 Å². The Hall–Kier alpha value is -2.85. The molecular weight excluding hydrogens is 446 g/mol. The van der Waals surface area contributed by atoms with Crippen molar-refractivity contribution in [1.82, 2.24) is 4.90 Å². The molecule has 0 heterocycles. The molecule has 1 aliphatic rings. The van der Waals surface area contributed by atoms with Crippen molar-refractivity contribution in [3.05, 3.63) is 88.5 Å². The van der Waals surface area contributed by atoms with E-state index in [1.165, 1.54) is 23.8 Å². The summed E-state index contributed by atoms with van der Waals surface area (Å²) in [7, 11) is 3.64. The van der Waals surface area contributed by atoms with Gasteiger partial charge in [0.25, 0.3) is 0 Å². The van der Waals surface area contributed by atoms with Crippen molar-refractivity contribution in [2.75, 3.05) is 33.9 Å². The number of carbonyl (C=O) groups is 1. The highest BCUT2D eigenvalue weighted by molar-refractivity contribution is 5.69. The molecule has 0 fully saturated rings. The molecule has 0 aliphatic heterocycles. The first-order chi connectivity index (χ1) is 17.4. The minimum atomic E-state index is -0.179. The highest BCUT2D eigenvalue weighted by Gasteiger charge is 2.21. The van der Waals surface area contributed by atoms with Crippen molar-refractivity contribution in [1.29, 1.82) is 0 Å². The van der Waals surface area contributed by atoms with Crippen molar-refractivity contribution < 1.29 is 14.3 Å². The van der Waals surface area contributed by atoms with Crippen molar-refractivity contribution in [2.24, 2.45) is 5.92 Å². The number of esters is 1. The van der Waals surface area contributed by atoms with Gasteiger partial charge in [-0.05, 0) is 82.3 Å². The summed E-state index contributed by atoms with van der Waals surface area (Å²) in [5.74, 6) is 1.78. The molecule has 4 nitrogen and oxygen atoms in total. The molecule has 0 spiro atoms. The summed E-state index contributed by atoms with van der Waals surface area (Å²) < 4.78 is 10.7. The van der Waals surface area contributed by atoms with Crippen LogP contribution in [0.15, 0.2) is 71.8 Å².